The van der Waals surface area contributed by atoms with Crippen LogP contribution in [0.3, 0.4) is 0 Å². The maximum atomic E-state index is 12.9. The minimum absolute atomic E-state index is 0.0795. The molecule has 1 atom stereocenters. The Morgan fingerprint density at radius 1 is 0.270 bits per heavy atom. The summed E-state index contributed by atoms with van der Waals surface area (Å²) in [5, 5.41) is 0. The van der Waals surface area contributed by atoms with Crippen LogP contribution in [0, 0.1) is 0 Å². The lowest BCUT2D eigenvalue weighted by molar-refractivity contribution is -0.167. The molecule has 0 aromatic rings. The van der Waals surface area contributed by atoms with Gasteiger partial charge in [0.1, 0.15) is 13.2 Å². The van der Waals surface area contributed by atoms with Crippen LogP contribution in [0.15, 0.2) is 60.8 Å². The molecule has 74 heavy (non-hydrogen) atoms. The zero-order chi connectivity index (χ0) is 53.6. The smallest absolute Gasteiger partial charge is 0.306 e. The summed E-state index contributed by atoms with van der Waals surface area (Å²) in [6.07, 6.45) is 79.5. The van der Waals surface area contributed by atoms with Crippen LogP contribution in [-0.4, -0.2) is 37.2 Å². The highest BCUT2D eigenvalue weighted by Crippen LogP contribution is 2.16. The summed E-state index contributed by atoms with van der Waals surface area (Å²) < 4.78 is 16.9. The van der Waals surface area contributed by atoms with Gasteiger partial charge in [-0.1, -0.05) is 274 Å². The number of unbranched alkanes of at least 4 members (excludes halogenated alkanes) is 38. The fourth-order valence-corrected chi connectivity index (χ4v) is 9.33. The van der Waals surface area contributed by atoms with Crippen molar-refractivity contribution in [3.63, 3.8) is 0 Å². The Morgan fingerprint density at radius 2 is 0.514 bits per heavy atom. The molecule has 6 nitrogen and oxygen atoms in total. The number of rotatable bonds is 59. The van der Waals surface area contributed by atoms with Crippen LogP contribution >= 0.6 is 0 Å². The summed E-state index contributed by atoms with van der Waals surface area (Å²) in [7, 11) is 0. The Kier molecular flexibility index (Phi) is 60.2. The first-order valence-electron chi connectivity index (χ1n) is 32.3. The van der Waals surface area contributed by atoms with Gasteiger partial charge in [-0.15, -0.1) is 0 Å². The molecule has 0 aliphatic carbocycles. The van der Waals surface area contributed by atoms with Crippen molar-refractivity contribution in [1.29, 1.82) is 0 Å². The van der Waals surface area contributed by atoms with Gasteiger partial charge < -0.3 is 14.2 Å². The van der Waals surface area contributed by atoms with E-state index in [1.165, 1.54) is 205 Å². The SMILES string of the molecule is CCC/C=C\CCCCCCCC(=O)OCC(COC(=O)CCCCCCCCCC/C=C\C/C=C\C/C=C\CCCCCCC)OC(=O)CCCCCCCCCCCCC/C=C\CCCCCCCCCC. The van der Waals surface area contributed by atoms with Gasteiger partial charge in [-0.2, -0.15) is 0 Å². The third-order valence-corrected chi connectivity index (χ3v) is 14.2. The van der Waals surface area contributed by atoms with E-state index in [-0.39, 0.29) is 31.1 Å². The van der Waals surface area contributed by atoms with Crippen molar-refractivity contribution in [2.45, 2.75) is 341 Å². The van der Waals surface area contributed by atoms with E-state index in [0.717, 1.165) is 89.9 Å². The van der Waals surface area contributed by atoms with Gasteiger partial charge in [0.15, 0.2) is 6.10 Å². The van der Waals surface area contributed by atoms with E-state index in [1.54, 1.807) is 0 Å². The molecule has 0 bridgehead atoms. The van der Waals surface area contributed by atoms with Crippen molar-refractivity contribution in [3.8, 4) is 0 Å². The molecule has 0 saturated heterocycles. The van der Waals surface area contributed by atoms with Crippen LogP contribution in [0.25, 0.3) is 0 Å². The van der Waals surface area contributed by atoms with Crippen LogP contribution < -0.4 is 0 Å². The van der Waals surface area contributed by atoms with E-state index in [1.807, 2.05) is 0 Å². The molecule has 0 heterocycles. The zero-order valence-electron chi connectivity index (χ0n) is 49.4. The highest BCUT2D eigenvalue weighted by Gasteiger charge is 2.19. The highest BCUT2D eigenvalue weighted by atomic mass is 16.6. The molecule has 0 fully saturated rings. The summed E-state index contributed by atoms with van der Waals surface area (Å²) in [6.45, 7) is 6.59. The van der Waals surface area contributed by atoms with E-state index in [4.69, 9.17) is 14.2 Å². The molecule has 430 valence electrons. The van der Waals surface area contributed by atoms with Crippen molar-refractivity contribution in [1.82, 2.24) is 0 Å². The molecular formula is C68H122O6. The molecule has 0 spiro atoms. The molecule has 1 unspecified atom stereocenters. The first kappa shape index (κ1) is 71.1. The van der Waals surface area contributed by atoms with E-state index in [2.05, 4.69) is 81.5 Å². The van der Waals surface area contributed by atoms with Gasteiger partial charge in [-0.05, 0) is 103 Å². The van der Waals surface area contributed by atoms with Gasteiger partial charge >= 0.3 is 17.9 Å². The minimum atomic E-state index is -0.781. The summed E-state index contributed by atoms with van der Waals surface area (Å²) in [6, 6.07) is 0. The average molecular weight is 1040 g/mol. The molecule has 0 amide bonds. The molecule has 6 heteroatoms. The second-order valence-electron chi connectivity index (χ2n) is 21.7. The van der Waals surface area contributed by atoms with Gasteiger partial charge in [-0.25, -0.2) is 0 Å². The average Bonchev–Trinajstić information content (AvgIpc) is 3.40. The summed E-state index contributed by atoms with van der Waals surface area (Å²) in [4.78, 5) is 38.2. The lowest BCUT2D eigenvalue weighted by atomic mass is 10.0. The van der Waals surface area contributed by atoms with E-state index in [9.17, 15) is 14.4 Å². The minimum Gasteiger partial charge on any atom is -0.462 e. The number of hydrogen-bond donors (Lipinski definition) is 0. The Morgan fingerprint density at radius 3 is 0.824 bits per heavy atom. The fourth-order valence-electron chi connectivity index (χ4n) is 9.33. The Hall–Kier alpha value is -2.89. The zero-order valence-corrected chi connectivity index (χ0v) is 49.4. The summed E-state index contributed by atoms with van der Waals surface area (Å²) >= 11 is 0. The molecule has 0 aromatic carbocycles. The molecule has 0 aromatic heterocycles. The first-order valence-corrected chi connectivity index (χ1v) is 32.3. The molecule has 0 N–H and O–H groups in total. The second kappa shape index (κ2) is 62.6. The second-order valence-corrected chi connectivity index (χ2v) is 21.7. The number of carbonyl (C=O) groups excluding carboxylic acids is 3. The number of esters is 3. The highest BCUT2D eigenvalue weighted by molar-refractivity contribution is 5.71. The summed E-state index contributed by atoms with van der Waals surface area (Å²) in [5.74, 6) is -0.883. The molecule has 0 aliphatic heterocycles. The van der Waals surface area contributed by atoms with E-state index < -0.39 is 6.10 Å². The van der Waals surface area contributed by atoms with Crippen LogP contribution in [0.2, 0.25) is 0 Å². The maximum Gasteiger partial charge on any atom is 0.306 e. The normalized spacial score (nSPS) is 12.4. The van der Waals surface area contributed by atoms with Crippen molar-refractivity contribution >= 4 is 17.9 Å². The van der Waals surface area contributed by atoms with Crippen molar-refractivity contribution < 1.29 is 28.6 Å². The molecule has 0 aliphatic rings. The molecular weight excluding hydrogens is 913 g/mol. The van der Waals surface area contributed by atoms with E-state index >= 15 is 0 Å². The van der Waals surface area contributed by atoms with Crippen LogP contribution in [0.4, 0.5) is 0 Å². The number of carbonyl (C=O) groups is 3. The van der Waals surface area contributed by atoms with Crippen LogP contribution in [0.1, 0.15) is 335 Å². The van der Waals surface area contributed by atoms with Gasteiger partial charge in [0.05, 0.1) is 0 Å². The molecule has 0 radical (unpaired) electrons. The fraction of sp³-hybridized carbons (Fsp3) is 0.809. The predicted octanol–water partition coefficient (Wildman–Crippen LogP) is 21.9. The van der Waals surface area contributed by atoms with Gasteiger partial charge in [-0.3, -0.25) is 14.4 Å². The lowest BCUT2D eigenvalue weighted by Gasteiger charge is -2.18. The third kappa shape index (κ3) is 60.0. The van der Waals surface area contributed by atoms with Crippen LogP contribution in [-0.2, 0) is 28.6 Å². The summed E-state index contributed by atoms with van der Waals surface area (Å²) in [5.41, 5.74) is 0. The maximum absolute atomic E-state index is 12.9. The van der Waals surface area contributed by atoms with Crippen molar-refractivity contribution in [2.24, 2.45) is 0 Å². The number of ether oxygens (including phenoxy) is 3. The topological polar surface area (TPSA) is 78.9 Å². The Labute approximate surface area is 460 Å². The number of allylic oxidation sites excluding steroid dienone is 10. The predicted molar refractivity (Wildman–Crippen MR) is 321 cm³/mol. The van der Waals surface area contributed by atoms with Crippen molar-refractivity contribution in [2.75, 3.05) is 13.2 Å². The Bertz CT molecular complexity index is 1330. The van der Waals surface area contributed by atoms with E-state index in [0.29, 0.717) is 19.3 Å². The number of hydrogen-bond acceptors (Lipinski definition) is 6. The molecule has 0 rings (SSSR count). The van der Waals surface area contributed by atoms with Crippen molar-refractivity contribution in [3.05, 3.63) is 60.8 Å². The van der Waals surface area contributed by atoms with Crippen LogP contribution in [0.5, 0.6) is 0 Å². The molecule has 0 saturated carbocycles. The largest absolute Gasteiger partial charge is 0.462 e. The first-order chi connectivity index (χ1) is 36.5. The lowest BCUT2D eigenvalue weighted by Crippen LogP contribution is -2.30. The standard InChI is InChI=1S/C68H122O6/c1-4-7-10-13-16-19-22-24-26-28-30-32-34-36-38-40-42-44-46-49-52-55-58-61-67(70)73-64-65(63-72-66(69)60-57-54-51-48-21-18-15-12-9-6-3)74-68(71)62-59-56-53-50-47-45-43-41-39-37-35-33-31-29-27-25-23-20-17-14-11-8-5-2/h12,15,22,24,28-31,34,36,65H,4-11,13-14,16-21,23,25-27,32-33,35,37-64H2,1-3H3/b15-12-,24-22-,30-28-,31-29-,36-34-. The van der Waals surface area contributed by atoms with Gasteiger partial charge in [0, 0.05) is 19.3 Å². The monoisotopic (exact) mass is 1030 g/mol. The third-order valence-electron chi connectivity index (χ3n) is 14.2. The van der Waals surface area contributed by atoms with Gasteiger partial charge in [0.2, 0.25) is 0 Å². The quantitative estimate of drug-likeness (QED) is 0.0261. The Balaban J connectivity index is 4.25. The van der Waals surface area contributed by atoms with Gasteiger partial charge in [0.25, 0.3) is 0 Å².